The molecule has 0 saturated heterocycles. The van der Waals surface area contributed by atoms with Crippen molar-refractivity contribution in [2.24, 2.45) is 0 Å². The normalized spacial score (nSPS) is 14.3. The standard InChI is InChI=1S/C18H17NO5S2/c1-23-11-5-6-13(24-2)12(10-11)19-17(21)15(14-4-3-8-25-14)16(18(19)22)26-9-7-20/h3-6,8,10,20H,7,9H2,1-2H3. The first kappa shape index (κ1) is 18.5. The van der Waals surface area contributed by atoms with Crippen molar-refractivity contribution >= 4 is 46.2 Å². The van der Waals surface area contributed by atoms with Gasteiger partial charge in [0.1, 0.15) is 11.5 Å². The minimum atomic E-state index is -0.427. The van der Waals surface area contributed by atoms with E-state index < -0.39 is 11.8 Å². The molecule has 1 aromatic carbocycles. The average molecular weight is 391 g/mol. The van der Waals surface area contributed by atoms with Gasteiger partial charge in [-0.1, -0.05) is 6.07 Å². The van der Waals surface area contributed by atoms with Crippen molar-refractivity contribution in [2.45, 2.75) is 0 Å². The molecule has 0 atom stereocenters. The first-order chi connectivity index (χ1) is 12.6. The van der Waals surface area contributed by atoms with Crippen LogP contribution in [0, 0.1) is 0 Å². The molecule has 0 spiro atoms. The molecule has 0 aliphatic carbocycles. The molecule has 0 saturated carbocycles. The van der Waals surface area contributed by atoms with Crippen LogP contribution in [0.4, 0.5) is 5.69 Å². The van der Waals surface area contributed by atoms with Gasteiger partial charge in [0.25, 0.3) is 11.8 Å². The van der Waals surface area contributed by atoms with E-state index >= 15 is 0 Å². The maximum absolute atomic E-state index is 13.1. The van der Waals surface area contributed by atoms with Crippen LogP contribution in [0.15, 0.2) is 40.6 Å². The minimum absolute atomic E-state index is 0.0875. The smallest absolute Gasteiger partial charge is 0.272 e. The number of thiophene rings is 1. The van der Waals surface area contributed by atoms with Crippen molar-refractivity contribution in [2.75, 3.05) is 31.5 Å². The highest BCUT2D eigenvalue weighted by molar-refractivity contribution is 8.04. The van der Waals surface area contributed by atoms with Gasteiger partial charge in [-0.05, 0) is 23.6 Å². The second kappa shape index (κ2) is 7.94. The molecule has 26 heavy (non-hydrogen) atoms. The van der Waals surface area contributed by atoms with Crippen LogP contribution in [0.2, 0.25) is 0 Å². The van der Waals surface area contributed by atoms with Crippen molar-refractivity contribution < 1.29 is 24.2 Å². The number of benzene rings is 1. The van der Waals surface area contributed by atoms with Crippen molar-refractivity contribution in [1.82, 2.24) is 0 Å². The molecule has 2 aromatic rings. The third-order valence-corrected chi connectivity index (χ3v) is 5.72. The topological polar surface area (TPSA) is 76.1 Å². The van der Waals surface area contributed by atoms with Gasteiger partial charge in [-0.25, -0.2) is 4.90 Å². The summed E-state index contributed by atoms with van der Waals surface area (Å²) in [5.74, 6) is 0.390. The molecule has 0 unspecified atom stereocenters. The van der Waals surface area contributed by atoms with E-state index in [0.29, 0.717) is 38.3 Å². The highest BCUT2D eigenvalue weighted by atomic mass is 32.2. The Balaban J connectivity index is 2.10. The molecule has 1 aliphatic heterocycles. The predicted molar refractivity (Wildman–Crippen MR) is 103 cm³/mol. The first-order valence-corrected chi connectivity index (χ1v) is 9.61. The van der Waals surface area contributed by atoms with Crippen molar-refractivity contribution in [1.29, 1.82) is 0 Å². The molecule has 3 rings (SSSR count). The van der Waals surface area contributed by atoms with E-state index in [1.807, 2.05) is 11.4 Å². The number of hydrogen-bond acceptors (Lipinski definition) is 7. The Morgan fingerprint density at radius 2 is 1.96 bits per heavy atom. The molecule has 8 heteroatoms. The van der Waals surface area contributed by atoms with E-state index in [1.165, 1.54) is 37.3 Å². The molecule has 0 radical (unpaired) electrons. The van der Waals surface area contributed by atoms with E-state index in [-0.39, 0.29) is 6.61 Å². The number of imide groups is 1. The number of hydrogen-bond donors (Lipinski definition) is 1. The fourth-order valence-corrected chi connectivity index (χ4v) is 4.30. The molecule has 0 fully saturated rings. The zero-order valence-corrected chi connectivity index (χ0v) is 15.9. The number of aliphatic hydroxyl groups is 1. The lowest BCUT2D eigenvalue weighted by Crippen LogP contribution is -2.31. The summed E-state index contributed by atoms with van der Waals surface area (Å²) in [5.41, 5.74) is 0.684. The highest BCUT2D eigenvalue weighted by Crippen LogP contribution is 2.43. The molecule has 1 N–H and O–H groups in total. The fraction of sp³-hybridized carbons (Fsp3) is 0.222. The molecule has 136 valence electrons. The van der Waals surface area contributed by atoms with Crippen LogP contribution in [0.1, 0.15) is 4.88 Å². The number of aliphatic hydroxyl groups excluding tert-OH is 1. The molecule has 1 aliphatic rings. The van der Waals surface area contributed by atoms with Crippen LogP contribution in [-0.2, 0) is 9.59 Å². The van der Waals surface area contributed by atoms with Crippen LogP contribution in [0.25, 0.3) is 5.57 Å². The molecule has 0 bridgehead atoms. The zero-order valence-electron chi connectivity index (χ0n) is 14.2. The van der Waals surface area contributed by atoms with E-state index in [4.69, 9.17) is 14.6 Å². The molecule has 1 aromatic heterocycles. The summed E-state index contributed by atoms with van der Waals surface area (Å²) in [5, 5.41) is 11.0. The summed E-state index contributed by atoms with van der Waals surface area (Å²) in [7, 11) is 2.99. The van der Waals surface area contributed by atoms with Gasteiger partial charge in [-0.3, -0.25) is 9.59 Å². The van der Waals surface area contributed by atoms with Gasteiger partial charge in [-0.2, -0.15) is 0 Å². The third kappa shape index (κ3) is 3.23. The fourth-order valence-electron chi connectivity index (χ4n) is 2.62. The predicted octanol–water partition coefficient (Wildman–Crippen LogP) is 2.78. The molecule has 2 amide bonds. The number of thioether (sulfide) groups is 1. The number of rotatable bonds is 7. The second-order valence-corrected chi connectivity index (χ2v) is 7.29. The quantitative estimate of drug-likeness (QED) is 0.732. The molecular formula is C18H17NO5S2. The second-order valence-electron chi connectivity index (χ2n) is 5.24. The van der Waals surface area contributed by atoms with E-state index in [2.05, 4.69) is 0 Å². The van der Waals surface area contributed by atoms with Crippen LogP contribution in [-0.4, -0.2) is 43.5 Å². The van der Waals surface area contributed by atoms with Crippen molar-refractivity contribution in [3.63, 3.8) is 0 Å². The number of ether oxygens (including phenoxy) is 2. The summed E-state index contributed by atoms with van der Waals surface area (Å²) < 4.78 is 10.6. The molecule has 6 nitrogen and oxygen atoms in total. The van der Waals surface area contributed by atoms with Gasteiger partial charge >= 0.3 is 0 Å². The van der Waals surface area contributed by atoms with Crippen LogP contribution >= 0.6 is 23.1 Å². The third-order valence-electron chi connectivity index (χ3n) is 3.77. The first-order valence-electron chi connectivity index (χ1n) is 7.75. The number of carbonyl (C=O) groups is 2. The summed E-state index contributed by atoms with van der Waals surface area (Å²) in [4.78, 5) is 28.3. The van der Waals surface area contributed by atoms with Gasteiger partial charge in [0.15, 0.2) is 0 Å². The number of methoxy groups -OCH3 is 2. The lowest BCUT2D eigenvalue weighted by molar-refractivity contribution is -0.119. The summed E-state index contributed by atoms with van der Waals surface area (Å²) in [6.07, 6.45) is 0. The van der Waals surface area contributed by atoms with Gasteiger partial charge in [0.2, 0.25) is 0 Å². The number of carbonyl (C=O) groups excluding carboxylic acids is 2. The lowest BCUT2D eigenvalue weighted by atomic mass is 10.2. The number of anilines is 1. The van der Waals surface area contributed by atoms with Gasteiger partial charge in [-0.15, -0.1) is 23.1 Å². The van der Waals surface area contributed by atoms with Gasteiger partial charge < -0.3 is 14.6 Å². The SMILES string of the molecule is COc1ccc(OC)c(N2C(=O)C(SCCO)=C(c3cccs3)C2=O)c1. The Morgan fingerprint density at radius 1 is 1.15 bits per heavy atom. The molecular weight excluding hydrogens is 374 g/mol. The largest absolute Gasteiger partial charge is 0.497 e. The van der Waals surface area contributed by atoms with Crippen LogP contribution in [0.5, 0.6) is 11.5 Å². The van der Waals surface area contributed by atoms with E-state index in [9.17, 15) is 9.59 Å². The molecule has 2 heterocycles. The Morgan fingerprint density at radius 3 is 2.58 bits per heavy atom. The Kier molecular flexibility index (Phi) is 5.65. The monoisotopic (exact) mass is 391 g/mol. The van der Waals surface area contributed by atoms with Crippen LogP contribution in [0.3, 0.4) is 0 Å². The average Bonchev–Trinajstić information content (AvgIpc) is 3.26. The maximum Gasteiger partial charge on any atom is 0.272 e. The van der Waals surface area contributed by atoms with Crippen molar-refractivity contribution in [3.05, 3.63) is 45.5 Å². The summed E-state index contributed by atoms with van der Waals surface area (Å²) >= 11 is 2.56. The van der Waals surface area contributed by atoms with Crippen molar-refractivity contribution in [3.8, 4) is 11.5 Å². The number of nitrogens with zero attached hydrogens (tertiary/aromatic N) is 1. The van der Waals surface area contributed by atoms with Gasteiger partial charge in [0.05, 0.1) is 37.0 Å². The maximum atomic E-state index is 13.1. The zero-order chi connectivity index (χ0) is 18.7. The lowest BCUT2D eigenvalue weighted by Gasteiger charge is -2.19. The minimum Gasteiger partial charge on any atom is -0.497 e. The summed E-state index contributed by atoms with van der Waals surface area (Å²) in [6, 6.07) is 8.58. The van der Waals surface area contributed by atoms with E-state index in [0.717, 1.165) is 4.90 Å². The Bertz CT molecular complexity index is 860. The number of amides is 2. The Labute approximate surface area is 159 Å². The van der Waals surface area contributed by atoms with Crippen LogP contribution < -0.4 is 14.4 Å². The highest BCUT2D eigenvalue weighted by Gasteiger charge is 2.41. The van der Waals surface area contributed by atoms with Gasteiger partial charge in [0, 0.05) is 16.7 Å². The van der Waals surface area contributed by atoms with E-state index in [1.54, 1.807) is 24.3 Å². The summed E-state index contributed by atoms with van der Waals surface area (Å²) in [6.45, 7) is -0.0875. The Hall–Kier alpha value is -2.29.